The van der Waals surface area contributed by atoms with Crippen LogP contribution in [-0.2, 0) is 4.79 Å². The van der Waals surface area contributed by atoms with Gasteiger partial charge < -0.3 is 9.84 Å². The molecule has 1 N–H and O–H groups in total. The molecule has 0 unspecified atom stereocenters. The molecule has 4 heteroatoms. The van der Waals surface area contributed by atoms with Crippen LogP contribution in [-0.4, -0.2) is 29.7 Å². The summed E-state index contributed by atoms with van der Waals surface area (Å²) in [5.41, 5.74) is 1.83. The molecule has 0 bridgehead atoms. The van der Waals surface area contributed by atoms with E-state index < -0.39 is 5.97 Å². The lowest BCUT2D eigenvalue weighted by molar-refractivity contribution is -0.131. The second-order valence-electron chi connectivity index (χ2n) is 3.86. The summed E-state index contributed by atoms with van der Waals surface area (Å²) in [5, 5.41) is 8.65. The van der Waals surface area contributed by atoms with Gasteiger partial charge in [-0.05, 0) is 37.0 Å². The van der Waals surface area contributed by atoms with Gasteiger partial charge in [-0.25, -0.2) is 4.79 Å². The van der Waals surface area contributed by atoms with Crippen molar-refractivity contribution in [1.82, 2.24) is 0 Å². The van der Waals surface area contributed by atoms with Crippen LogP contribution in [0.2, 0.25) is 0 Å². The number of hydrogen-bond donors (Lipinski definition) is 1. The zero-order valence-corrected chi connectivity index (χ0v) is 11.5. The number of aliphatic carboxylic acids is 1. The van der Waals surface area contributed by atoms with Gasteiger partial charge in [0.25, 0.3) is 0 Å². The molecule has 0 aliphatic heterocycles. The highest BCUT2D eigenvalue weighted by atomic mass is 32.2. The van der Waals surface area contributed by atoms with E-state index in [2.05, 4.69) is 6.26 Å². The van der Waals surface area contributed by atoms with Gasteiger partial charge in [0.1, 0.15) is 5.75 Å². The number of benzene rings is 1. The first-order chi connectivity index (χ1) is 8.65. The molecule has 1 aromatic rings. The maximum Gasteiger partial charge on any atom is 0.328 e. The van der Waals surface area contributed by atoms with Gasteiger partial charge in [0.05, 0.1) is 6.61 Å². The van der Waals surface area contributed by atoms with Gasteiger partial charge in [-0.1, -0.05) is 18.2 Å². The van der Waals surface area contributed by atoms with E-state index in [4.69, 9.17) is 9.84 Å². The first-order valence-corrected chi connectivity index (χ1v) is 7.17. The predicted octanol–water partition coefficient (Wildman–Crippen LogP) is 3.22. The Morgan fingerprint density at radius 1 is 1.50 bits per heavy atom. The van der Waals surface area contributed by atoms with Gasteiger partial charge in [-0.3, -0.25) is 0 Å². The third-order valence-electron chi connectivity index (χ3n) is 2.39. The highest BCUT2D eigenvalue weighted by Crippen LogP contribution is 2.24. The van der Waals surface area contributed by atoms with E-state index in [0.717, 1.165) is 35.1 Å². The van der Waals surface area contributed by atoms with E-state index >= 15 is 0 Å². The number of thioether (sulfide) groups is 1. The molecule has 1 aromatic carbocycles. The zero-order chi connectivity index (χ0) is 13.4. The summed E-state index contributed by atoms with van der Waals surface area (Å²) in [4.78, 5) is 10.5. The number of ether oxygens (including phenoxy) is 1. The zero-order valence-electron chi connectivity index (χ0n) is 10.7. The molecule has 3 nitrogen and oxygen atoms in total. The summed E-state index contributed by atoms with van der Waals surface area (Å²) in [6.07, 6.45) is 5.75. The number of carboxylic acids is 1. The van der Waals surface area contributed by atoms with Crippen molar-refractivity contribution in [2.75, 3.05) is 18.6 Å². The van der Waals surface area contributed by atoms with Gasteiger partial charge in [-0.15, -0.1) is 0 Å². The van der Waals surface area contributed by atoms with E-state index in [1.165, 1.54) is 0 Å². The Balaban J connectivity index is 2.77. The largest absolute Gasteiger partial charge is 0.493 e. The van der Waals surface area contributed by atoms with Crippen molar-refractivity contribution in [2.24, 2.45) is 0 Å². The molecule has 0 aliphatic carbocycles. The van der Waals surface area contributed by atoms with E-state index in [9.17, 15) is 4.79 Å². The van der Waals surface area contributed by atoms with Gasteiger partial charge in [0.2, 0.25) is 0 Å². The maximum atomic E-state index is 10.5. The van der Waals surface area contributed by atoms with Crippen molar-refractivity contribution in [3.05, 3.63) is 35.4 Å². The first kappa shape index (κ1) is 14.6. The molecule has 0 fully saturated rings. The molecule has 0 radical (unpaired) electrons. The third-order valence-corrected chi connectivity index (χ3v) is 3.08. The fraction of sp³-hybridized carbons (Fsp3) is 0.357. The summed E-state index contributed by atoms with van der Waals surface area (Å²) in [6.45, 7) is 2.61. The lowest BCUT2D eigenvalue weighted by atomic mass is 10.1. The fourth-order valence-corrected chi connectivity index (χ4v) is 1.95. The van der Waals surface area contributed by atoms with Crippen LogP contribution < -0.4 is 4.74 Å². The minimum atomic E-state index is -0.954. The Kier molecular flexibility index (Phi) is 6.36. The van der Waals surface area contributed by atoms with Gasteiger partial charge >= 0.3 is 5.97 Å². The molecule has 0 amide bonds. The Labute approximate surface area is 112 Å². The lowest BCUT2D eigenvalue weighted by Gasteiger charge is -2.11. The number of aryl methyl sites for hydroxylation is 1. The number of carbonyl (C=O) groups is 1. The quantitative estimate of drug-likeness (QED) is 0.608. The van der Waals surface area contributed by atoms with Crippen molar-refractivity contribution in [2.45, 2.75) is 13.3 Å². The fourth-order valence-electron chi connectivity index (χ4n) is 1.54. The number of rotatable bonds is 7. The molecular weight excluding hydrogens is 248 g/mol. The topological polar surface area (TPSA) is 46.5 Å². The van der Waals surface area contributed by atoms with Crippen LogP contribution in [0.5, 0.6) is 5.75 Å². The molecule has 0 aromatic heterocycles. The normalized spacial score (nSPS) is 10.8. The molecule has 0 spiro atoms. The number of para-hydroxylation sites is 1. The highest BCUT2D eigenvalue weighted by molar-refractivity contribution is 7.98. The minimum absolute atomic E-state index is 0.652. The molecule has 0 aliphatic rings. The highest BCUT2D eigenvalue weighted by Gasteiger charge is 2.04. The van der Waals surface area contributed by atoms with Crippen molar-refractivity contribution < 1.29 is 14.6 Å². The third kappa shape index (κ3) is 4.84. The lowest BCUT2D eigenvalue weighted by Crippen LogP contribution is -2.01. The van der Waals surface area contributed by atoms with Crippen LogP contribution in [0, 0.1) is 6.92 Å². The standard InChI is InChI=1S/C14H18O3S/c1-11-5-3-6-12(7-8-13(15)16)14(11)17-9-4-10-18-2/h3,5-8H,4,9-10H2,1-2H3,(H,15,16)/b8-7+. The van der Waals surface area contributed by atoms with Crippen molar-refractivity contribution in [3.8, 4) is 5.75 Å². The SMILES string of the molecule is CSCCCOc1c(C)cccc1/C=C/C(=O)O. The van der Waals surface area contributed by atoms with Crippen LogP contribution in [0.4, 0.5) is 0 Å². The van der Waals surface area contributed by atoms with Crippen LogP contribution in [0.3, 0.4) is 0 Å². The van der Waals surface area contributed by atoms with Crippen molar-refractivity contribution >= 4 is 23.8 Å². The van der Waals surface area contributed by atoms with Gasteiger partial charge in [0, 0.05) is 11.6 Å². The Morgan fingerprint density at radius 3 is 2.94 bits per heavy atom. The van der Waals surface area contributed by atoms with Crippen LogP contribution in [0.1, 0.15) is 17.5 Å². The summed E-state index contributed by atoms with van der Waals surface area (Å²) in [7, 11) is 0. The second kappa shape index (κ2) is 7.82. The molecule has 0 saturated heterocycles. The predicted molar refractivity (Wildman–Crippen MR) is 76.3 cm³/mol. The van der Waals surface area contributed by atoms with Crippen molar-refractivity contribution in [3.63, 3.8) is 0 Å². The smallest absolute Gasteiger partial charge is 0.328 e. The molecule has 18 heavy (non-hydrogen) atoms. The summed E-state index contributed by atoms with van der Waals surface area (Å²) >= 11 is 1.79. The summed E-state index contributed by atoms with van der Waals surface area (Å²) < 4.78 is 5.74. The van der Waals surface area contributed by atoms with E-state index in [1.54, 1.807) is 17.8 Å². The minimum Gasteiger partial charge on any atom is -0.493 e. The van der Waals surface area contributed by atoms with Gasteiger partial charge in [-0.2, -0.15) is 11.8 Å². The molecule has 1 rings (SSSR count). The summed E-state index contributed by atoms with van der Waals surface area (Å²) in [6, 6.07) is 5.71. The second-order valence-corrected chi connectivity index (χ2v) is 4.85. The Morgan fingerprint density at radius 2 is 2.28 bits per heavy atom. The first-order valence-electron chi connectivity index (χ1n) is 5.77. The molecule has 0 heterocycles. The van der Waals surface area contributed by atoms with E-state index in [0.29, 0.717) is 6.61 Å². The van der Waals surface area contributed by atoms with Crippen LogP contribution >= 0.6 is 11.8 Å². The molecule has 0 saturated carbocycles. The Bertz CT molecular complexity index is 427. The average molecular weight is 266 g/mol. The molecular formula is C14H18O3S. The molecule has 0 atom stereocenters. The monoisotopic (exact) mass is 266 g/mol. The van der Waals surface area contributed by atoms with Crippen molar-refractivity contribution in [1.29, 1.82) is 0 Å². The van der Waals surface area contributed by atoms with Crippen LogP contribution in [0.15, 0.2) is 24.3 Å². The van der Waals surface area contributed by atoms with E-state index in [-0.39, 0.29) is 0 Å². The van der Waals surface area contributed by atoms with Crippen LogP contribution in [0.25, 0.3) is 6.08 Å². The number of carboxylic acid groups (broad SMARTS) is 1. The van der Waals surface area contributed by atoms with E-state index in [1.807, 2.05) is 25.1 Å². The molecule has 98 valence electrons. The summed E-state index contributed by atoms with van der Waals surface area (Å²) in [5.74, 6) is 0.882. The Hall–Kier alpha value is -1.42. The van der Waals surface area contributed by atoms with Gasteiger partial charge in [0.15, 0.2) is 0 Å². The average Bonchev–Trinajstić information content (AvgIpc) is 2.34. The maximum absolute atomic E-state index is 10.5. The number of hydrogen-bond acceptors (Lipinski definition) is 3.